The van der Waals surface area contributed by atoms with Crippen LogP contribution >= 0.6 is 24.8 Å². The summed E-state index contributed by atoms with van der Waals surface area (Å²) in [6, 6.07) is 9.71. The highest BCUT2D eigenvalue weighted by Gasteiger charge is 2.22. The van der Waals surface area contributed by atoms with E-state index in [0.717, 1.165) is 38.0 Å². The number of carbonyl (C=O) groups excluding carboxylic acids is 1. The van der Waals surface area contributed by atoms with Crippen molar-refractivity contribution >= 4 is 30.7 Å². The lowest BCUT2D eigenvalue weighted by molar-refractivity contribution is -0.123. The molecule has 1 heterocycles. The first-order valence-corrected chi connectivity index (χ1v) is 7.51. The second-order valence-corrected chi connectivity index (χ2v) is 5.54. The Morgan fingerprint density at radius 2 is 2.05 bits per heavy atom. The Bertz CT molecular complexity index is 431. The highest BCUT2D eigenvalue weighted by Crippen LogP contribution is 2.10. The van der Waals surface area contributed by atoms with E-state index in [9.17, 15) is 4.79 Å². The second-order valence-electron chi connectivity index (χ2n) is 5.54. The van der Waals surface area contributed by atoms with Crippen LogP contribution in [0, 0.1) is 0 Å². The second kappa shape index (κ2) is 10.8. The summed E-state index contributed by atoms with van der Waals surface area (Å²) >= 11 is 0. The Hall–Kier alpha value is -0.810. The average Bonchev–Trinajstić information content (AvgIpc) is 2.48. The van der Waals surface area contributed by atoms with Crippen LogP contribution < -0.4 is 11.1 Å². The van der Waals surface area contributed by atoms with Crippen molar-refractivity contribution < 1.29 is 4.79 Å². The van der Waals surface area contributed by atoms with E-state index in [4.69, 9.17) is 5.73 Å². The van der Waals surface area contributed by atoms with Gasteiger partial charge in [0, 0.05) is 12.6 Å². The largest absolute Gasteiger partial charge is 0.351 e. The lowest BCUT2D eigenvalue weighted by Gasteiger charge is -2.32. The van der Waals surface area contributed by atoms with Gasteiger partial charge in [0.1, 0.15) is 0 Å². The molecule has 1 saturated heterocycles. The third kappa shape index (κ3) is 6.53. The average molecular weight is 348 g/mol. The normalized spacial score (nSPS) is 19.5. The van der Waals surface area contributed by atoms with Crippen LogP contribution in [0.1, 0.15) is 25.3 Å². The van der Waals surface area contributed by atoms with Crippen molar-refractivity contribution in [3.63, 3.8) is 0 Å². The summed E-state index contributed by atoms with van der Waals surface area (Å²) in [5.74, 6) is -0.0307. The summed E-state index contributed by atoms with van der Waals surface area (Å²) in [6.07, 6.45) is 2.80. The van der Waals surface area contributed by atoms with Crippen LogP contribution in [-0.2, 0) is 11.2 Å². The Morgan fingerprint density at radius 1 is 1.36 bits per heavy atom. The fourth-order valence-electron chi connectivity index (χ4n) is 2.73. The Labute approximate surface area is 145 Å². The van der Waals surface area contributed by atoms with Gasteiger partial charge in [0.05, 0.1) is 6.04 Å². The number of rotatable bonds is 5. The van der Waals surface area contributed by atoms with Gasteiger partial charge in [0.25, 0.3) is 0 Å². The predicted octanol–water partition coefficient (Wildman–Crippen LogP) is 2.00. The summed E-state index contributed by atoms with van der Waals surface area (Å²) in [6.45, 7) is 5.28. The molecule has 22 heavy (non-hydrogen) atoms. The minimum absolute atomic E-state index is 0. The SMILES string of the molecule is CCN1CCCC(NC(=O)C(N)Cc2ccccc2)C1.Cl.Cl. The molecular weight excluding hydrogens is 321 g/mol. The Morgan fingerprint density at radius 3 is 2.68 bits per heavy atom. The number of amides is 1. The maximum Gasteiger partial charge on any atom is 0.237 e. The zero-order valence-electron chi connectivity index (χ0n) is 13.0. The number of nitrogens with two attached hydrogens (primary N) is 1. The molecule has 4 nitrogen and oxygen atoms in total. The number of piperidine rings is 1. The van der Waals surface area contributed by atoms with Crippen molar-refractivity contribution in [2.45, 2.75) is 38.3 Å². The van der Waals surface area contributed by atoms with E-state index in [-0.39, 0.29) is 36.8 Å². The smallest absolute Gasteiger partial charge is 0.237 e. The van der Waals surface area contributed by atoms with Crippen LogP contribution in [0.25, 0.3) is 0 Å². The molecular formula is C16H27Cl2N3O. The molecule has 0 radical (unpaired) electrons. The first-order chi connectivity index (χ1) is 9.69. The van der Waals surface area contributed by atoms with Crippen molar-refractivity contribution in [3.8, 4) is 0 Å². The van der Waals surface area contributed by atoms with Gasteiger partial charge in [-0.1, -0.05) is 37.3 Å². The van der Waals surface area contributed by atoms with E-state index >= 15 is 0 Å². The molecule has 6 heteroatoms. The fourth-order valence-corrected chi connectivity index (χ4v) is 2.73. The summed E-state index contributed by atoms with van der Waals surface area (Å²) in [5.41, 5.74) is 7.11. The minimum atomic E-state index is -0.464. The van der Waals surface area contributed by atoms with Crippen molar-refractivity contribution in [2.75, 3.05) is 19.6 Å². The van der Waals surface area contributed by atoms with Crippen LogP contribution in [0.4, 0.5) is 0 Å². The van der Waals surface area contributed by atoms with Crippen molar-refractivity contribution in [3.05, 3.63) is 35.9 Å². The molecule has 0 saturated carbocycles. The van der Waals surface area contributed by atoms with Gasteiger partial charge in [-0.15, -0.1) is 24.8 Å². The molecule has 3 N–H and O–H groups in total. The van der Waals surface area contributed by atoms with E-state index < -0.39 is 6.04 Å². The molecule has 126 valence electrons. The summed E-state index contributed by atoms with van der Waals surface area (Å²) in [4.78, 5) is 14.5. The molecule has 1 amide bonds. The maximum absolute atomic E-state index is 12.2. The summed E-state index contributed by atoms with van der Waals surface area (Å²) < 4.78 is 0. The lowest BCUT2D eigenvalue weighted by Crippen LogP contribution is -2.52. The van der Waals surface area contributed by atoms with Crippen LogP contribution in [0.2, 0.25) is 0 Å². The van der Waals surface area contributed by atoms with E-state index in [2.05, 4.69) is 17.1 Å². The lowest BCUT2D eigenvalue weighted by atomic mass is 10.0. The molecule has 0 bridgehead atoms. The van der Waals surface area contributed by atoms with E-state index in [1.54, 1.807) is 0 Å². The van der Waals surface area contributed by atoms with Gasteiger partial charge < -0.3 is 16.0 Å². The number of hydrogen-bond acceptors (Lipinski definition) is 3. The van der Waals surface area contributed by atoms with Gasteiger partial charge in [-0.25, -0.2) is 0 Å². The molecule has 1 fully saturated rings. The van der Waals surface area contributed by atoms with Crippen LogP contribution in [0.5, 0.6) is 0 Å². The highest BCUT2D eigenvalue weighted by atomic mass is 35.5. The summed E-state index contributed by atoms with van der Waals surface area (Å²) in [5, 5.41) is 3.10. The van der Waals surface area contributed by atoms with Crippen LogP contribution in [0.3, 0.4) is 0 Å². The zero-order chi connectivity index (χ0) is 14.4. The third-order valence-electron chi connectivity index (χ3n) is 3.93. The van der Waals surface area contributed by atoms with Gasteiger partial charge in [-0.2, -0.15) is 0 Å². The number of benzene rings is 1. The van der Waals surface area contributed by atoms with E-state index in [1.165, 1.54) is 0 Å². The molecule has 1 aliphatic rings. The number of nitrogens with one attached hydrogen (secondary N) is 1. The molecule has 2 atom stereocenters. The van der Waals surface area contributed by atoms with Crippen molar-refractivity contribution in [1.29, 1.82) is 0 Å². The van der Waals surface area contributed by atoms with Gasteiger partial charge in [0.2, 0.25) is 5.91 Å². The van der Waals surface area contributed by atoms with Crippen molar-refractivity contribution in [2.24, 2.45) is 5.73 Å². The molecule has 2 rings (SSSR count). The standard InChI is InChI=1S/C16H25N3O.2ClH/c1-2-19-10-6-9-14(12-19)18-16(20)15(17)11-13-7-4-3-5-8-13;;/h3-5,7-8,14-15H,2,6,9-12,17H2,1H3,(H,18,20);2*1H. The molecule has 0 spiro atoms. The number of nitrogens with zero attached hydrogens (tertiary/aromatic N) is 1. The quantitative estimate of drug-likeness (QED) is 0.856. The van der Waals surface area contributed by atoms with E-state index in [1.807, 2.05) is 30.3 Å². The molecule has 0 aromatic heterocycles. The Balaban J connectivity index is 0.00000220. The van der Waals surface area contributed by atoms with Crippen LogP contribution in [-0.4, -0.2) is 42.5 Å². The molecule has 1 aliphatic heterocycles. The highest BCUT2D eigenvalue weighted by molar-refractivity contribution is 5.85. The monoisotopic (exact) mass is 347 g/mol. The Kier molecular flexibility index (Phi) is 10.4. The third-order valence-corrected chi connectivity index (χ3v) is 3.93. The zero-order valence-corrected chi connectivity index (χ0v) is 14.7. The molecule has 1 aromatic rings. The number of carbonyl (C=O) groups is 1. The number of likely N-dealkylation sites (tertiary alicyclic amines) is 1. The summed E-state index contributed by atoms with van der Waals surface area (Å²) in [7, 11) is 0. The maximum atomic E-state index is 12.2. The van der Waals surface area contributed by atoms with Gasteiger partial charge in [-0.3, -0.25) is 4.79 Å². The molecule has 2 unspecified atom stereocenters. The molecule has 1 aromatic carbocycles. The number of halogens is 2. The number of hydrogen-bond donors (Lipinski definition) is 2. The van der Waals surface area contributed by atoms with Crippen LogP contribution in [0.15, 0.2) is 30.3 Å². The fraction of sp³-hybridized carbons (Fsp3) is 0.562. The van der Waals surface area contributed by atoms with Gasteiger partial charge >= 0.3 is 0 Å². The first-order valence-electron chi connectivity index (χ1n) is 7.51. The topological polar surface area (TPSA) is 58.4 Å². The minimum Gasteiger partial charge on any atom is -0.351 e. The first kappa shape index (κ1) is 21.2. The van der Waals surface area contributed by atoms with Gasteiger partial charge in [-0.05, 0) is 37.9 Å². The van der Waals surface area contributed by atoms with Gasteiger partial charge in [0.15, 0.2) is 0 Å². The molecule has 0 aliphatic carbocycles. The van der Waals surface area contributed by atoms with Crippen molar-refractivity contribution in [1.82, 2.24) is 10.2 Å². The van der Waals surface area contributed by atoms with E-state index in [0.29, 0.717) is 6.42 Å². The number of likely N-dealkylation sites (N-methyl/N-ethyl adjacent to an activating group) is 1. The predicted molar refractivity (Wildman–Crippen MR) is 95.9 cm³/mol.